The highest BCUT2D eigenvalue weighted by Crippen LogP contribution is 2.32. The fourth-order valence-electron chi connectivity index (χ4n) is 5.05. The zero-order valence-electron chi connectivity index (χ0n) is 21.2. The van der Waals surface area contributed by atoms with Crippen molar-refractivity contribution in [3.63, 3.8) is 0 Å². The van der Waals surface area contributed by atoms with Crippen LogP contribution in [-0.4, -0.2) is 130 Å². The molecule has 16 N–H and O–H groups in total. The van der Waals surface area contributed by atoms with Gasteiger partial charge in [0, 0.05) is 31.6 Å². The van der Waals surface area contributed by atoms with Crippen LogP contribution < -0.4 is 34.0 Å². The minimum Gasteiger partial charge on any atom is -0.388 e. The summed E-state index contributed by atoms with van der Waals surface area (Å²) in [6, 6.07) is -2.60. The first-order valence-corrected chi connectivity index (χ1v) is 12.9. The van der Waals surface area contributed by atoms with Gasteiger partial charge in [0.05, 0.1) is 6.04 Å². The van der Waals surface area contributed by atoms with Gasteiger partial charge in [-0.25, -0.2) is 0 Å². The Bertz CT molecular complexity index is 710. The van der Waals surface area contributed by atoms with E-state index >= 15 is 0 Å². The van der Waals surface area contributed by atoms with E-state index in [1.807, 2.05) is 6.92 Å². The number of ether oxygens (including phenoxy) is 4. The lowest BCUT2D eigenvalue weighted by molar-refractivity contribution is -0.316. The van der Waals surface area contributed by atoms with E-state index < -0.39 is 85.3 Å². The number of aliphatic hydroxyl groups is 5. The van der Waals surface area contributed by atoms with E-state index in [0.29, 0.717) is 6.54 Å². The number of hydrogen-bond donors (Lipinski definition) is 11. The molecule has 1 saturated carbocycles. The maximum absolute atomic E-state index is 11.2. The van der Waals surface area contributed by atoms with Gasteiger partial charge in [-0.2, -0.15) is 0 Å². The molecule has 0 amide bonds. The van der Waals surface area contributed by atoms with Gasteiger partial charge in [-0.3, -0.25) is 0 Å². The summed E-state index contributed by atoms with van der Waals surface area (Å²) in [5.41, 5.74) is 28.0. The quantitative estimate of drug-likeness (QED) is 0.0913. The van der Waals surface area contributed by atoms with Gasteiger partial charge in [0.2, 0.25) is 0 Å². The van der Waals surface area contributed by atoms with E-state index in [9.17, 15) is 25.5 Å². The van der Waals surface area contributed by atoms with Crippen LogP contribution >= 0.6 is 0 Å². The molecule has 0 aromatic heterocycles. The molecule has 3 fully saturated rings. The molecular weight excluding hydrogens is 492 g/mol. The summed E-state index contributed by atoms with van der Waals surface area (Å²) in [7, 11) is 0. The lowest BCUT2D eigenvalue weighted by Crippen LogP contribution is -2.69. The van der Waals surface area contributed by atoms with Crippen LogP contribution in [0.2, 0.25) is 0 Å². The molecule has 2 saturated heterocycles. The Balaban J connectivity index is 1.68. The minimum absolute atomic E-state index is 0.0952. The molecule has 14 atom stereocenters. The van der Waals surface area contributed by atoms with Crippen molar-refractivity contribution in [3.8, 4) is 0 Å². The minimum atomic E-state index is -1.99. The summed E-state index contributed by atoms with van der Waals surface area (Å²) < 4.78 is 23.4. The van der Waals surface area contributed by atoms with Crippen molar-refractivity contribution in [2.45, 2.75) is 118 Å². The molecule has 2 heterocycles. The Kier molecular flexibility index (Phi) is 11.0. The Morgan fingerprint density at radius 3 is 2.22 bits per heavy atom. The lowest BCUT2D eigenvalue weighted by Gasteiger charge is -2.48. The van der Waals surface area contributed by atoms with E-state index in [2.05, 4.69) is 5.32 Å². The zero-order valence-corrected chi connectivity index (χ0v) is 21.2. The normalized spacial score (nSPS) is 49.2. The second-order valence-corrected chi connectivity index (χ2v) is 10.4. The van der Waals surface area contributed by atoms with Gasteiger partial charge in [-0.05, 0) is 19.4 Å². The Hall–Kier alpha value is -0.600. The van der Waals surface area contributed by atoms with Crippen LogP contribution in [0.5, 0.6) is 0 Å². The topological polar surface area (TPSA) is 280 Å². The van der Waals surface area contributed by atoms with Crippen molar-refractivity contribution in [2.24, 2.45) is 28.7 Å². The summed E-state index contributed by atoms with van der Waals surface area (Å²) in [5, 5.41) is 55.7. The van der Waals surface area contributed by atoms with Crippen molar-refractivity contribution in [1.82, 2.24) is 5.32 Å². The number of nitrogens with one attached hydrogen (secondary N) is 1. The molecule has 1 aliphatic carbocycles. The third kappa shape index (κ3) is 7.13. The molecule has 0 unspecified atom stereocenters. The van der Waals surface area contributed by atoms with Crippen molar-refractivity contribution >= 4 is 0 Å². The summed E-state index contributed by atoms with van der Waals surface area (Å²) in [6.45, 7) is 2.88. The summed E-state index contributed by atoms with van der Waals surface area (Å²) in [6.07, 6.45) is -9.81. The first-order valence-electron chi connectivity index (χ1n) is 12.9. The van der Waals surface area contributed by atoms with Crippen LogP contribution in [0.1, 0.15) is 32.6 Å². The molecule has 3 rings (SSSR count). The van der Waals surface area contributed by atoms with Gasteiger partial charge >= 0.3 is 0 Å². The molecule has 0 bridgehead atoms. The number of unbranched alkanes of at least 4 members (excludes halogenated alkanes) is 1. The van der Waals surface area contributed by atoms with E-state index in [0.717, 1.165) is 12.8 Å². The van der Waals surface area contributed by atoms with Crippen LogP contribution in [0, 0.1) is 0 Å². The van der Waals surface area contributed by atoms with Crippen LogP contribution in [0.4, 0.5) is 0 Å². The number of nitrogens with two attached hydrogens (primary N) is 5. The Morgan fingerprint density at radius 2 is 1.59 bits per heavy atom. The monoisotopic (exact) mass is 538 g/mol. The van der Waals surface area contributed by atoms with Crippen molar-refractivity contribution in [1.29, 1.82) is 0 Å². The zero-order chi connectivity index (χ0) is 27.5. The summed E-state index contributed by atoms with van der Waals surface area (Å²) in [5.74, 6) is 0. The molecule has 0 aromatic carbocycles. The average molecular weight is 539 g/mol. The Labute approximate surface area is 216 Å². The molecule has 37 heavy (non-hydrogen) atoms. The predicted octanol–water partition coefficient (Wildman–Crippen LogP) is -5.58. The third-order valence-corrected chi connectivity index (χ3v) is 7.38. The second kappa shape index (κ2) is 13.2. The molecule has 0 radical (unpaired) electrons. The van der Waals surface area contributed by atoms with Gasteiger partial charge < -0.3 is 78.5 Å². The second-order valence-electron chi connectivity index (χ2n) is 10.4. The van der Waals surface area contributed by atoms with E-state index in [1.54, 1.807) is 0 Å². The predicted molar refractivity (Wildman–Crippen MR) is 130 cm³/mol. The summed E-state index contributed by atoms with van der Waals surface area (Å²) in [4.78, 5) is 0. The average Bonchev–Trinajstić information content (AvgIpc) is 2.84. The van der Waals surface area contributed by atoms with Crippen LogP contribution in [-0.2, 0) is 18.9 Å². The molecule has 15 heteroatoms. The number of hydrogen-bond acceptors (Lipinski definition) is 15. The molecule has 0 aromatic rings. The standard InChI is InChI=1S/C22H46N6O9/c1-2-3-4-28-8-12-20(32)22(27,33)6-13(34-12)36-18-9(24)5-10(25)19(17(18)31)37-21-14(26)16(30)15(29)11(7-23)35-21/h9-21,28-33H,2-8,23-27H2,1H3/t9-,10+,11-,12-,13-,14-,15-,16-,17-,18+,19-,20-,21-,22-/m1/s1. The SMILES string of the molecule is CCCCNC[C@H]1O[C@H](O[C@@H]2[C@@H](O)[C@H](O[C@H]3O[C@H](CN)[C@@H](O)[C@H](O)[C@H]3N)[C@@H](N)C[C@H]2N)C[C@@](N)(O)[C@@H]1O. The molecular formula is C22H46N6O9. The number of aliphatic hydroxyl groups excluding tert-OH is 4. The first kappa shape index (κ1) is 30.9. The van der Waals surface area contributed by atoms with E-state index in [4.69, 9.17) is 47.6 Å². The molecule has 0 spiro atoms. The highest BCUT2D eigenvalue weighted by Gasteiger charge is 2.51. The van der Waals surface area contributed by atoms with Gasteiger partial charge in [0.25, 0.3) is 0 Å². The fourth-order valence-corrected chi connectivity index (χ4v) is 5.05. The molecule has 15 nitrogen and oxygen atoms in total. The smallest absolute Gasteiger partial charge is 0.176 e. The molecule has 218 valence electrons. The van der Waals surface area contributed by atoms with Gasteiger partial charge in [0.1, 0.15) is 54.6 Å². The van der Waals surface area contributed by atoms with Gasteiger partial charge in [-0.1, -0.05) is 13.3 Å². The third-order valence-electron chi connectivity index (χ3n) is 7.38. The van der Waals surface area contributed by atoms with Gasteiger partial charge in [-0.15, -0.1) is 0 Å². The highest BCUT2D eigenvalue weighted by molar-refractivity contribution is 5.01. The van der Waals surface area contributed by atoms with Gasteiger partial charge in [0.15, 0.2) is 12.6 Å². The van der Waals surface area contributed by atoms with Crippen LogP contribution in [0.25, 0.3) is 0 Å². The maximum atomic E-state index is 11.2. The number of rotatable bonds is 10. The molecule has 3 aliphatic rings. The first-order chi connectivity index (χ1) is 17.4. The van der Waals surface area contributed by atoms with Crippen LogP contribution in [0.3, 0.4) is 0 Å². The highest BCUT2D eigenvalue weighted by atomic mass is 16.7. The van der Waals surface area contributed by atoms with Crippen LogP contribution in [0.15, 0.2) is 0 Å². The Morgan fingerprint density at radius 1 is 0.946 bits per heavy atom. The lowest BCUT2D eigenvalue weighted by atomic mass is 9.84. The fraction of sp³-hybridized carbons (Fsp3) is 1.00. The largest absolute Gasteiger partial charge is 0.388 e. The van der Waals surface area contributed by atoms with Crippen molar-refractivity contribution in [3.05, 3.63) is 0 Å². The van der Waals surface area contributed by atoms with Crippen molar-refractivity contribution in [2.75, 3.05) is 19.6 Å². The van der Waals surface area contributed by atoms with E-state index in [-0.39, 0.29) is 25.9 Å². The molecule has 2 aliphatic heterocycles. The summed E-state index contributed by atoms with van der Waals surface area (Å²) >= 11 is 0. The van der Waals surface area contributed by atoms with Crippen molar-refractivity contribution < 1.29 is 44.5 Å². The maximum Gasteiger partial charge on any atom is 0.176 e. The van der Waals surface area contributed by atoms with E-state index in [1.165, 1.54) is 0 Å².